The normalized spacial score (nSPS) is 11.2. The van der Waals surface area contributed by atoms with Crippen molar-refractivity contribution in [3.05, 3.63) is 12.2 Å². The van der Waals surface area contributed by atoms with Crippen LogP contribution in [0.1, 0.15) is 51.9 Å². The maximum atomic E-state index is 10.1. The quantitative estimate of drug-likeness (QED) is 0.390. The Morgan fingerprint density at radius 3 is 2.25 bits per heavy atom. The molecule has 0 aliphatic carbocycles. The lowest BCUT2D eigenvalue weighted by Crippen LogP contribution is -1.77. The predicted octanol–water partition coefficient (Wildman–Crippen LogP) is 3.72. The molecule has 0 saturated heterocycles. The van der Waals surface area contributed by atoms with Crippen LogP contribution in [0.2, 0.25) is 0 Å². The number of unbranched alkanes of at least 4 members (excludes halogenated alkanes) is 5. The molecule has 71 valence electrons. The van der Waals surface area contributed by atoms with Gasteiger partial charge in [-0.15, -0.1) is 0 Å². The van der Waals surface area contributed by atoms with Crippen molar-refractivity contribution in [3.63, 3.8) is 0 Å². The minimum Gasteiger partial charge on any atom is -0.236 e. The Morgan fingerprint density at radius 2 is 1.58 bits per heavy atom. The third-order valence-corrected chi connectivity index (χ3v) is 1.93. The van der Waals surface area contributed by atoms with Gasteiger partial charge in [0.1, 0.15) is 0 Å². The molecule has 0 aliphatic heterocycles. The van der Waals surface area contributed by atoms with E-state index in [4.69, 9.17) is 0 Å². The van der Waals surface area contributed by atoms with Gasteiger partial charge in [-0.1, -0.05) is 44.8 Å². The molecule has 0 heterocycles. The van der Waals surface area contributed by atoms with Crippen molar-refractivity contribution in [1.82, 2.24) is 0 Å². The first kappa shape index (κ1) is 11.7. The lowest BCUT2D eigenvalue weighted by Gasteiger charge is -1.95. The van der Waals surface area contributed by atoms with E-state index in [1.54, 1.807) is 0 Å². The van der Waals surface area contributed by atoms with Crippen LogP contribution in [0.3, 0.4) is 0 Å². The summed E-state index contributed by atoms with van der Waals surface area (Å²) in [5.74, 6) is 0. The van der Waals surface area contributed by atoms with E-state index in [1.807, 2.05) is 6.08 Å². The fraction of sp³-hybridized carbons (Fsp3) is 0.818. The van der Waals surface area contributed by atoms with Crippen LogP contribution in [-0.2, 0) is 5.11 Å². The summed E-state index contributed by atoms with van der Waals surface area (Å²) in [5, 5.41) is 10.1. The Kier molecular flexibility index (Phi) is 10.4. The van der Waals surface area contributed by atoms with Gasteiger partial charge in [0.2, 0.25) is 0 Å². The van der Waals surface area contributed by atoms with Crippen LogP contribution in [0.5, 0.6) is 0 Å². The average Bonchev–Trinajstić information content (AvgIpc) is 2.10. The standard InChI is InChI=1S/C11H21O/c1-2-3-4-5-6-7-8-9-10-11-12/h8-9H,2-7,10-11H2,1H3/b9-8+. The van der Waals surface area contributed by atoms with Gasteiger partial charge in [0, 0.05) is 0 Å². The zero-order chi connectivity index (χ0) is 9.07. The van der Waals surface area contributed by atoms with Crippen LogP contribution < -0.4 is 0 Å². The van der Waals surface area contributed by atoms with E-state index in [1.165, 1.54) is 32.1 Å². The van der Waals surface area contributed by atoms with Crippen LogP contribution in [0.4, 0.5) is 0 Å². The Bertz CT molecular complexity index is 97.2. The summed E-state index contributed by atoms with van der Waals surface area (Å²) >= 11 is 0. The Hall–Kier alpha value is -0.300. The van der Waals surface area contributed by atoms with E-state index in [-0.39, 0.29) is 6.61 Å². The molecular formula is C11H21O. The third-order valence-electron chi connectivity index (χ3n) is 1.93. The van der Waals surface area contributed by atoms with Crippen molar-refractivity contribution in [2.24, 2.45) is 0 Å². The lowest BCUT2D eigenvalue weighted by atomic mass is 10.1. The molecule has 0 N–H and O–H groups in total. The largest absolute Gasteiger partial charge is 0.236 e. The molecule has 0 aromatic carbocycles. The molecule has 12 heavy (non-hydrogen) atoms. The van der Waals surface area contributed by atoms with Crippen LogP contribution in [-0.4, -0.2) is 6.61 Å². The van der Waals surface area contributed by atoms with E-state index in [0.717, 1.165) is 6.42 Å². The van der Waals surface area contributed by atoms with Gasteiger partial charge < -0.3 is 0 Å². The first-order chi connectivity index (χ1) is 5.91. The minimum absolute atomic E-state index is 0.0341. The molecule has 0 unspecified atom stereocenters. The highest BCUT2D eigenvalue weighted by Gasteiger charge is 1.85. The van der Waals surface area contributed by atoms with E-state index in [9.17, 15) is 5.11 Å². The van der Waals surface area contributed by atoms with Crippen molar-refractivity contribution in [3.8, 4) is 0 Å². The molecule has 0 aliphatic rings. The summed E-state index contributed by atoms with van der Waals surface area (Å²) in [5.41, 5.74) is 0. The van der Waals surface area contributed by atoms with Gasteiger partial charge in [-0.25, -0.2) is 5.11 Å². The van der Waals surface area contributed by atoms with Crippen LogP contribution in [0.15, 0.2) is 12.2 Å². The molecule has 0 amide bonds. The molecule has 0 saturated carbocycles. The minimum atomic E-state index is 0.0341. The third kappa shape index (κ3) is 9.70. The number of hydrogen-bond donors (Lipinski definition) is 0. The second-order valence-corrected chi connectivity index (χ2v) is 3.17. The van der Waals surface area contributed by atoms with Gasteiger partial charge in [-0.05, 0) is 19.3 Å². The molecule has 0 atom stereocenters. The van der Waals surface area contributed by atoms with Gasteiger partial charge in [0.25, 0.3) is 0 Å². The van der Waals surface area contributed by atoms with Crippen molar-refractivity contribution in [2.45, 2.75) is 51.9 Å². The predicted molar refractivity (Wildman–Crippen MR) is 52.7 cm³/mol. The summed E-state index contributed by atoms with van der Waals surface area (Å²) < 4.78 is 0. The maximum Gasteiger partial charge on any atom is 0.0856 e. The number of allylic oxidation sites excluding steroid dienone is 1. The van der Waals surface area contributed by atoms with Crippen LogP contribution >= 0.6 is 0 Å². The van der Waals surface area contributed by atoms with Crippen LogP contribution in [0, 0.1) is 0 Å². The Labute approximate surface area is 76.5 Å². The summed E-state index contributed by atoms with van der Waals surface area (Å²) in [7, 11) is 0. The molecule has 0 bridgehead atoms. The SMILES string of the molecule is CCCCCCC/C=C/CC[O]. The van der Waals surface area contributed by atoms with Gasteiger partial charge in [-0.3, -0.25) is 0 Å². The summed E-state index contributed by atoms with van der Waals surface area (Å²) in [6, 6.07) is 0. The first-order valence-corrected chi connectivity index (χ1v) is 5.15. The van der Waals surface area contributed by atoms with E-state index >= 15 is 0 Å². The van der Waals surface area contributed by atoms with Crippen molar-refractivity contribution >= 4 is 0 Å². The molecule has 1 radical (unpaired) electrons. The zero-order valence-corrected chi connectivity index (χ0v) is 8.22. The topological polar surface area (TPSA) is 19.9 Å². The fourth-order valence-electron chi connectivity index (χ4n) is 1.17. The van der Waals surface area contributed by atoms with Crippen LogP contribution in [0.25, 0.3) is 0 Å². The molecule has 0 fully saturated rings. The van der Waals surface area contributed by atoms with Gasteiger partial charge >= 0.3 is 0 Å². The summed E-state index contributed by atoms with van der Waals surface area (Å²) in [4.78, 5) is 0. The molecule has 1 nitrogen and oxygen atoms in total. The fourth-order valence-corrected chi connectivity index (χ4v) is 1.17. The highest BCUT2D eigenvalue weighted by Crippen LogP contribution is 2.05. The Morgan fingerprint density at radius 1 is 0.917 bits per heavy atom. The highest BCUT2D eigenvalue weighted by molar-refractivity contribution is 4.80. The van der Waals surface area contributed by atoms with Crippen molar-refractivity contribution in [1.29, 1.82) is 0 Å². The molecule has 0 aromatic rings. The number of hydrogen-bond acceptors (Lipinski definition) is 0. The van der Waals surface area contributed by atoms with Crippen molar-refractivity contribution in [2.75, 3.05) is 6.61 Å². The van der Waals surface area contributed by atoms with Gasteiger partial charge in [0.15, 0.2) is 0 Å². The smallest absolute Gasteiger partial charge is 0.0856 e. The molecule has 0 rings (SSSR count). The summed E-state index contributed by atoms with van der Waals surface area (Å²) in [6.07, 6.45) is 12.7. The second kappa shape index (κ2) is 10.7. The highest BCUT2D eigenvalue weighted by atomic mass is 16.2. The monoisotopic (exact) mass is 169 g/mol. The van der Waals surface area contributed by atoms with Gasteiger partial charge in [0.05, 0.1) is 6.61 Å². The van der Waals surface area contributed by atoms with Crippen molar-refractivity contribution < 1.29 is 5.11 Å². The average molecular weight is 169 g/mol. The molecule has 1 heteroatoms. The zero-order valence-electron chi connectivity index (χ0n) is 8.22. The van der Waals surface area contributed by atoms with E-state index < -0.39 is 0 Å². The first-order valence-electron chi connectivity index (χ1n) is 5.15. The van der Waals surface area contributed by atoms with Gasteiger partial charge in [-0.2, -0.15) is 0 Å². The lowest BCUT2D eigenvalue weighted by molar-refractivity contribution is 0.199. The summed E-state index contributed by atoms with van der Waals surface area (Å²) in [6.45, 7) is 2.26. The number of rotatable bonds is 8. The van der Waals surface area contributed by atoms with E-state index in [0.29, 0.717) is 6.42 Å². The molecule has 0 spiro atoms. The maximum absolute atomic E-state index is 10.1. The molecular weight excluding hydrogens is 148 g/mol. The Balaban J connectivity index is 2.90. The van der Waals surface area contributed by atoms with E-state index in [2.05, 4.69) is 13.0 Å². The second-order valence-electron chi connectivity index (χ2n) is 3.17. The molecule has 0 aromatic heterocycles.